The minimum absolute atomic E-state index is 0.163. The Morgan fingerprint density at radius 1 is 0.625 bits per heavy atom. The van der Waals surface area contributed by atoms with E-state index in [0.717, 1.165) is 6.42 Å². The average Bonchev–Trinajstić information content (AvgIpc) is 2.34. The first kappa shape index (κ1) is 23.7. The summed E-state index contributed by atoms with van der Waals surface area (Å²) in [5.74, 6) is -22.6. The van der Waals surface area contributed by atoms with E-state index in [1.807, 2.05) is 6.92 Å². The molecule has 0 saturated heterocycles. The first-order chi connectivity index (χ1) is 10.5. The van der Waals surface area contributed by atoms with Gasteiger partial charge in [-0.25, -0.2) is 0 Å². The van der Waals surface area contributed by atoms with E-state index in [1.165, 1.54) is 19.6 Å². The predicted molar refractivity (Wildman–Crippen MR) is 81.3 cm³/mol. The van der Waals surface area contributed by atoms with Crippen LogP contribution in [0.2, 0.25) is 25.7 Å². The highest BCUT2D eigenvalue weighted by Gasteiger charge is 2.79. The molecule has 0 fully saturated rings. The molecule has 0 N–H and O–H groups in total. The molecule has 0 aromatic carbocycles. The largest absolute Gasteiger partial charge is 0.378 e. The van der Waals surface area contributed by atoms with Gasteiger partial charge < -0.3 is 0 Å². The topological polar surface area (TPSA) is 0 Å². The Labute approximate surface area is 139 Å². The molecule has 9 heteroatoms. The molecule has 0 rings (SSSR count). The summed E-state index contributed by atoms with van der Waals surface area (Å²) in [4.78, 5) is 0. The molecular formula is C15H26F8Si. The molecular weight excluding hydrogens is 360 g/mol. The zero-order valence-corrected chi connectivity index (χ0v) is 15.5. The normalized spacial score (nSPS) is 15.0. The van der Waals surface area contributed by atoms with Gasteiger partial charge in [-0.3, -0.25) is 0 Å². The van der Waals surface area contributed by atoms with Gasteiger partial charge in [-0.2, -0.15) is 35.1 Å². The maximum atomic E-state index is 13.7. The number of hydrogen-bond donors (Lipinski definition) is 0. The van der Waals surface area contributed by atoms with Crippen LogP contribution in [0.3, 0.4) is 0 Å². The number of halogens is 8. The molecule has 0 heterocycles. The second kappa shape index (κ2) is 7.91. The fourth-order valence-electron chi connectivity index (χ4n) is 2.34. The van der Waals surface area contributed by atoms with Crippen LogP contribution in [0.15, 0.2) is 0 Å². The highest BCUT2D eigenvalue weighted by molar-refractivity contribution is 6.76. The molecule has 0 saturated carbocycles. The van der Waals surface area contributed by atoms with Gasteiger partial charge in [-0.15, -0.1) is 0 Å². The fourth-order valence-corrected chi connectivity index (χ4v) is 3.90. The van der Waals surface area contributed by atoms with E-state index >= 15 is 0 Å². The quantitative estimate of drug-likeness (QED) is 0.200. The molecule has 0 radical (unpaired) electrons. The summed E-state index contributed by atoms with van der Waals surface area (Å²) in [5.41, 5.74) is 0. The molecule has 0 bridgehead atoms. The van der Waals surface area contributed by atoms with Crippen LogP contribution >= 0.6 is 0 Å². The van der Waals surface area contributed by atoms with E-state index in [0.29, 0.717) is 12.8 Å². The molecule has 0 aliphatic carbocycles. The van der Waals surface area contributed by atoms with Gasteiger partial charge >= 0.3 is 23.7 Å². The third-order valence-corrected chi connectivity index (χ3v) is 5.16. The molecule has 0 nitrogen and oxygen atoms in total. The van der Waals surface area contributed by atoms with Gasteiger partial charge in [0.15, 0.2) is 0 Å². The molecule has 0 spiro atoms. The van der Waals surface area contributed by atoms with Gasteiger partial charge in [-0.05, 0) is 6.42 Å². The third kappa shape index (κ3) is 5.59. The van der Waals surface area contributed by atoms with Crippen molar-refractivity contribution in [3.05, 3.63) is 0 Å². The van der Waals surface area contributed by atoms with Crippen LogP contribution in [0.1, 0.15) is 45.4 Å². The Bertz CT molecular complexity index is 387. The SMILES string of the molecule is CCCCCCCC(F)(F)C(F)(F)C(F)(F)C(F)(F)C[Si](C)(C)C. The van der Waals surface area contributed by atoms with Crippen molar-refractivity contribution in [2.75, 3.05) is 0 Å². The van der Waals surface area contributed by atoms with Gasteiger partial charge in [-0.1, -0.05) is 52.2 Å². The number of hydrogen-bond acceptors (Lipinski definition) is 0. The Morgan fingerprint density at radius 2 is 1.04 bits per heavy atom. The lowest BCUT2D eigenvalue weighted by atomic mass is 9.95. The van der Waals surface area contributed by atoms with Crippen molar-refractivity contribution in [2.45, 2.75) is 94.8 Å². The summed E-state index contributed by atoms with van der Waals surface area (Å²) in [5, 5.41) is 0. The van der Waals surface area contributed by atoms with Gasteiger partial charge in [0.1, 0.15) is 0 Å². The maximum absolute atomic E-state index is 13.7. The number of alkyl halides is 8. The van der Waals surface area contributed by atoms with E-state index in [4.69, 9.17) is 0 Å². The monoisotopic (exact) mass is 386 g/mol. The van der Waals surface area contributed by atoms with Crippen LogP contribution in [-0.2, 0) is 0 Å². The van der Waals surface area contributed by atoms with Crippen molar-refractivity contribution < 1.29 is 35.1 Å². The van der Waals surface area contributed by atoms with Gasteiger partial charge in [0, 0.05) is 12.5 Å². The van der Waals surface area contributed by atoms with Crippen LogP contribution in [0.5, 0.6) is 0 Å². The van der Waals surface area contributed by atoms with Gasteiger partial charge in [0.05, 0.1) is 8.07 Å². The summed E-state index contributed by atoms with van der Waals surface area (Å²) in [6, 6.07) is -1.49. The summed E-state index contributed by atoms with van der Waals surface area (Å²) < 4.78 is 109. The Hall–Kier alpha value is -0.343. The Morgan fingerprint density at radius 3 is 1.46 bits per heavy atom. The van der Waals surface area contributed by atoms with Gasteiger partial charge in [0.25, 0.3) is 0 Å². The summed E-state index contributed by atoms with van der Waals surface area (Å²) in [6.45, 7) is 5.69. The molecule has 146 valence electrons. The van der Waals surface area contributed by atoms with E-state index < -0.39 is 50.6 Å². The van der Waals surface area contributed by atoms with Crippen LogP contribution in [-0.4, -0.2) is 31.8 Å². The molecule has 0 aromatic rings. The van der Waals surface area contributed by atoms with Crippen molar-refractivity contribution in [1.29, 1.82) is 0 Å². The van der Waals surface area contributed by atoms with E-state index in [-0.39, 0.29) is 6.42 Å². The molecule has 0 atom stereocenters. The van der Waals surface area contributed by atoms with Crippen LogP contribution in [0.25, 0.3) is 0 Å². The predicted octanol–water partition coefficient (Wildman–Crippen LogP) is 7.23. The van der Waals surface area contributed by atoms with Crippen molar-refractivity contribution in [3.63, 3.8) is 0 Å². The smallest absolute Gasteiger partial charge is 0.200 e. The molecule has 0 aliphatic heterocycles. The van der Waals surface area contributed by atoms with Crippen LogP contribution < -0.4 is 0 Å². The lowest BCUT2D eigenvalue weighted by molar-refractivity contribution is -0.363. The number of unbranched alkanes of at least 4 members (excludes halogenated alkanes) is 4. The second-order valence-corrected chi connectivity index (χ2v) is 12.9. The number of rotatable bonds is 11. The molecule has 24 heavy (non-hydrogen) atoms. The first-order valence-electron chi connectivity index (χ1n) is 8.03. The third-order valence-electron chi connectivity index (χ3n) is 3.66. The Balaban J connectivity index is 5.21. The summed E-state index contributed by atoms with van der Waals surface area (Å²) in [6.07, 6.45) is 0.192. The van der Waals surface area contributed by atoms with E-state index in [1.54, 1.807) is 0 Å². The van der Waals surface area contributed by atoms with Crippen LogP contribution in [0, 0.1) is 0 Å². The first-order valence-corrected chi connectivity index (χ1v) is 11.7. The van der Waals surface area contributed by atoms with Crippen molar-refractivity contribution in [3.8, 4) is 0 Å². The lowest BCUT2D eigenvalue weighted by Crippen LogP contribution is -2.63. The molecule has 0 unspecified atom stereocenters. The average molecular weight is 386 g/mol. The van der Waals surface area contributed by atoms with Crippen molar-refractivity contribution in [1.82, 2.24) is 0 Å². The van der Waals surface area contributed by atoms with Crippen molar-refractivity contribution in [2.24, 2.45) is 0 Å². The molecule has 0 aliphatic rings. The maximum Gasteiger partial charge on any atom is 0.378 e. The lowest BCUT2D eigenvalue weighted by Gasteiger charge is -2.38. The standard InChI is InChI=1S/C15H26F8Si/c1-5-6-7-8-9-10-12(16,17)14(20,21)15(22,23)13(18,19)11-24(2,3)4/h5-11H2,1-4H3. The van der Waals surface area contributed by atoms with Gasteiger partial charge in [0.2, 0.25) is 0 Å². The fraction of sp³-hybridized carbons (Fsp3) is 1.00. The molecule has 0 amide bonds. The zero-order valence-electron chi connectivity index (χ0n) is 14.5. The van der Waals surface area contributed by atoms with E-state index in [9.17, 15) is 35.1 Å². The summed E-state index contributed by atoms with van der Waals surface area (Å²) in [7, 11) is -2.89. The summed E-state index contributed by atoms with van der Waals surface area (Å²) >= 11 is 0. The Kier molecular flexibility index (Phi) is 7.80. The highest BCUT2D eigenvalue weighted by atomic mass is 28.3. The van der Waals surface area contributed by atoms with Crippen molar-refractivity contribution >= 4 is 8.07 Å². The second-order valence-electron chi connectivity index (χ2n) is 7.46. The minimum Gasteiger partial charge on any atom is -0.200 e. The molecule has 0 aromatic heterocycles. The minimum atomic E-state index is -6.10. The van der Waals surface area contributed by atoms with E-state index in [2.05, 4.69) is 0 Å². The van der Waals surface area contributed by atoms with Crippen LogP contribution in [0.4, 0.5) is 35.1 Å². The zero-order chi connectivity index (χ0) is 19.4. The highest BCUT2D eigenvalue weighted by Crippen LogP contribution is 2.55.